The molecule has 1 aromatic heterocycles. The molecule has 10 aromatic rings. The van der Waals surface area contributed by atoms with Crippen molar-refractivity contribution in [3.05, 3.63) is 212 Å². The van der Waals surface area contributed by atoms with Crippen molar-refractivity contribution >= 4 is 49.6 Å². The van der Waals surface area contributed by atoms with Gasteiger partial charge in [-0.15, -0.1) is 0 Å². The lowest BCUT2D eigenvalue weighted by molar-refractivity contribution is 0.632. The molecule has 0 N–H and O–H groups in total. The van der Waals surface area contributed by atoms with Crippen LogP contribution in [0.25, 0.3) is 77.2 Å². The average molecular weight is 690 g/mol. The summed E-state index contributed by atoms with van der Waals surface area (Å²) in [5.74, 6) is 0.864. The predicted molar refractivity (Wildman–Crippen MR) is 228 cm³/mol. The molecule has 0 aliphatic heterocycles. The minimum absolute atomic E-state index is 0.864. The molecule has 54 heavy (non-hydrogen) atoms. The zero-order valence-electron chi connectivity index (χ0n) is 29.6. The van der Waals surface area contributed by atoms with Crippen molar-refractivity contribution in [1.82, 2.24) is 0 Å². The highest BCUT2D eigenvalue weighted by Crippen LogP contribution is 2.44. The Hall–Kier alpha value is -7.16. The van der Waals surface area contributed by atoms with Crippen molar-refractivity contribution in [3.63, 3.8) is 0 Å². The van der Waals surface area contributed by atoms with Crippen LogP contribution in [0.3, 0.4) is 0 Å². The molecule has 0 fully saturated rings. The van der Waals surface area contributed by atoms with Gasteiger partial charge in [-0.2, -0.15) is 0 Å². The van der Waals surface area contributed by atoms with Gasteiger partial charge in [-0.3, -0.25) is 0 Å². The Labute approximate surface area is 314 Å². The Kier molecular flexibility index (Phi) is 7.85. The fraction of sp³-hybridized carbons (Fsp3) is 0. The van der Waals surface area contributed by atoms with Crippen LogP contribution in [0.5, 0.6) is 0 Å². The van der Waals surface area contributed by atoms with E-state index in [1.54, 1.807) is 0 Å². The summed E-state index contributed by atoms with van der Waals surface area (Å²) in [5, 5.41) is 6.17. The second kappa shape index (κ2) is 13.4. The maximum absolute atomic E-state index is 6.65. The van der Waals surface area contributed by atoms with Crippen LogP contribution >= 0.6 is 0 Å². The number of rotatable bonds is 7. The molecule has 0 atom stereocenters. The number of furan rings is 1. The Morgan fingerprint density at radius 3 is 1.57 bits per heavy atom. The van der Waals surface area contributed by atoms with Gasteiger partial charge in [-0.25, -0.2) is 0 Å². The molecule has 0 aliphatic carbocycles. The van der Waals surface area contributed by atoms with Crippen LogP contribution in [0.15, 0.2) is 217 Å². The molecule has 0 aliphatic rings. The molecular formula is C52H35NO. The smallest absolute Gasteiger partial charge is 0.143 e. The van der Waals surface area contributed by atoms with E-state index in [1.165, 1.54) is 43.8 Å². The van der Waals surface area contributed by atoms with E-state index in [1.807, 2.05) is 6.07 Å². The molecule has 0 spiro atoms. The van der Waals surface area contributed by atoms with Crippen molar-refractivity contribution in [2.45, 2.75) is 0 Å². The van der Waals surface area contributed by atoms with Crippen LogP contribution in [-0.2, 0) is 0 Å². The lowest BCUT2D eigenvalue weighted by Crippen LogP contribution is -2.10. The number of hydrogen-bond acceptors (Lipinski definition) is 2. The molecular weight excluding hydrogens is 655 g/mol. The van der Waals surface area contributed by atoms with Gasteiger partial charge in [0.2, 0.25) is 0 Å². The van der Waals surface area contributed by atoms with E-state index in [9.17, 15) is 0 Å². The number of anilines is 3. The lowest BCUT2D eigenvalue weighted by Gasteiger charge is -2.26. The number of benzene rings is 9. The summed E-state index contributed by atoms with van der Waals surface area (Å²) in [6.45, 7) is 0. The second-order valence-corrected chi connectivity index (χ2v) is 13.7. The molecule has 0 saturated carbocycles. The van der Waals surface area contributed by atoms with E-state index in [0.29, 0.717) is 0 Å². The van der Waals surface area contributed by atoms with Gasteiger partial charge in [0, 0.05) is 33.6 Å². The van der Waals surface area contributed by atoms with Gasteiger partial charge in [0.15, 0.2) is 0 Å². The van der Waals surface area contributed by atoms with E-state index in [2.05, 4.69) is 211 Å². The molecule has 254 valence electrons. The molecule has 9 aromatic carbocycles. The minimum Gasteiger partial charge on any atom is -0.455 e. The van der Waals surface area contributed by atoms with Gasteiger partial charge in [-0.05, 0) is 97.9 Å². The summed E-state index contributed by atoms with van der Waals surface area (Å²) in [4.78, 5) is 2.33. The molecule has 2 heteroatoms. The monoisotopic (exact) mass is 689 g/mol. The van der Waals surface area contributed by atoms with Gasteiger partial charge >= 0.3 is 0 Å². The van der Waals surface area contributed by atoms with Gasteiger partial charge in [0.25, 0.3) is 0 Å². The Morgan fingerprint density at radius 2 is 0.833 bits per heavy atom. The number of para-hydroxylation sites is 1. The topological polar surface area (TPSA) is 16.4 Å². The first kappa shape index (κ1) is 31.6. The van der Waals surface area contributed by atoms with Crippen molar-refractivity contribution in [3.8, 4) is 44.7 Å². The quantitative estimate of drug-likeness (QED) is 0.155. The minimum atomic E-state index is 0.864. The molecule has 0 unspecified atom stereocenters. The molecule has 0 bridgehead atoms. The number of nitrogens with zero attached hydrogens (tertiary/aromatic N) is 1. The Bertz CT molecular complexity index is 2910. The van der Waals surface area contributed by atoms with E-state index >= 15 is 0 Å². The van der Waals surface area contributed by atoms with Gasteiger partial charge < -0.3 is 9.32 Å². The first-order chi connectivity index (χ1) is 26.8. The maximum Gasteiger partial charge on any atom is 0.143 e. The fourth-order valence-corrected chi connectivity index (χ4v) is 7.80. The van der Waals surface area contributed by atoms with E-state index in [-0.39, 0.29) is 0 Å². The molecule has 1 heterocycles. The summed E-state index contributed by atoms with van der Waals surface area (Å²) in [7, 11) is 0. The van der Waals surface area contributed by atoms with Crippen LogP contribution in [0.4, 0.5) is 17.1 Å². The zero-order chi connectivity index (χ0) is 35.8. The van der Waals surface area contributed by atoms with Crippen molar-refractivity contribution in [2.75, 3.05) is 4.90 Å². The molecule has 0 radical (unpaired) electrons. The maximum atomic E-state index is 6.65. The molecule has 10 rings (SSSR count). The normalized spacial score (nSPS) is 11.3. The van der Waals surface area contributed by atoms with Crippen LogP contribution < -0.4 is 4.90 Å². The third-order valence-corrected chi connectivity index (χ3v) is 10.5. The fourth-order valence-electron chi connectivity index (χ4n) is 7.80. The molecule has 2 nitrogen and oxygen atoms in total. The highest BCUT2D eigenvalue weighted by atomic mass is 16.3. The summed E-state index contributed by atoms with van der Waals surface area (Å²) >= 11 is 0. The highest BCUT2D eigenvalue weighted by molar-refractivity contribution is 6.08. The van der Waals surface area contributed by atoms with Crippen molar-refractivity contribution in [2.24, 2.45) is 0 Å². The van der Waals surface area contributed by atoms with Gasteiger partial charge in [0.1, 0.15) is 11.3 Å². The third-order valence-electron chi connectivity index (χ3n) is 10.5. The third kappa shape index (κ3) is 5.71. The SMILES string of the molecule is c1ccc(-c2ccc(N(c3ccc(-c4ccc5c(ccc6ccccc65)c4)cc3)c3cccc(-c4oc5ccccc5c4-c4ccccc4)c3)cc2)cc1. The summed E-state index contributed by atoms with van der Waals surface area (Å²) in [5.41, 5.74) is 12.1. The first-order valence-corrected chi connectivity index (χ1v) is 18.4. The summed E-state index contributed by atoms with van der Waals surface area (Å²) in [6, 6.07) is 75.7. The Balaban J connectivity index is 1.08. The predicted octanol–water partition coefficient (Wildman–Crippen LogP) is 14.9. The van der Waals surface area contributed by atoms with E-state index in [4.69, 9.17) is 4.42 Å². The van der Waals surface area contributed by atoms with E-state index < -0.39 is 0 Å². The number of hydrogen-bond donors (Lipinski definition) is 0. The zero-order valence-corrected chi connectivity index (χ0v) is 29.6. The average Bonchev–Trinajstić information content (AvgIpc) is 3.65. The van der Waals surface area contributed by atoms with Crippen LogP contribution in [0, 0.1) is 0 Å². The molecule has 0 amide bonds. The second-order valence-electron chi connectivity index (χ2n) is 13.7. The van der Waals surface area contributed by atoms with Gasteiger partial charge in [0.05, 0.1) is 0 Å². The van der Waals surface area contributed by atoms with Crippen LogP contribution in [0.2, 0.25) is 0 Å². The standard InChI is InChI=1S/C52H35NO/c1-3-12-36(13-4-1)37-24-29-44(30-25-37)53(45-31-26-38(27-32-45)41-28-33-48-42(34-41)23-22-39-14-7-8-19-47(39)48)46-18-11-17-43(35-46)52-51(40-15-5-2-6-16-40)49-20-9-10-21-50(49)54-52/h1-35H. The van der Waals surface area contributed by atoms with Gasteiger partial charge in [-0.1, -0.05) is 164 Å². The number of fused-ring (bicyclic) bond motifs is 4. The summed E-state index contributed by atoms with van der Waals surface area (Å²) < 4.78 is 6.65. The van der Waals surface area contributed by atoms with Crippen LogP contribution in [0.1, 0.15) is 0 Å². The first-order valence-electron chi connectivity index (χ1n) is 18.4. The van der Waals surface area contributed by atoms with Crippen molar-refractivity contribution in [1.29, 1.82) is 0 Å². The largest absolute Gasteiger partial charge is 0.455 e. The molecule has 0 saturated heterocycles. The van der Waals surface area contributed by atoms with Crippen LogP contribution in [-0.4, -0.2) is 0 Å². The lowest BCUT2D eigenvalue weighted by atomic mass is 9.97. The van der Waals surface area contributed by atoms with E-state index in [0.717, 1.165) is 50.5 Å². The summed E-state index contributed by atoms with van der Waals surface area (Å²) in [6.07, 6.45) is 0. The highest BCUT2D eigenvalue weighted by Gasteiger charge is 2.20. The Morgan fingerprint density at radius 1 is 0.296 bits per heavy atom. The van der Waals surface area contributed by atoms with Crippen molar-refractivity contribution < 1.29 is 4.42 Å².